The Labute approximate surface area is 133 Å². The van der Waals surface area contributed by atoms with Crippen molar-refractivity contribution in [3.8, 4) is 0 Å². The van der Waals surface area contributed by atoms with Gasteiger partial charge >= 0.3 is 0 Å². The number of hydrogen-bond acceptors (Lipinski definition) is 2. The fourth-order valence-electron chi connectivity index (χ4n) is 3.16. The SMILES string of the molecule is Cl.OC1(CCCc2ccc3ccccc3c2)CCNCC1. The largest absolute Gasteiger partial charge is 0.390 e. The standard InChI is InChI=1S/C18H23NO.ClH/c20-18(10-12-19-13-11-18)9-3-4-15-7-8-16-5-1-2-6-17(16)14-15;/h1-2,5-8,14,19-20H,3-4,9-13H2;1H. The minimum atomic E-state index is -0.428. The van der Waals surface area contributed by atoms with Crippen molar-refractivity contribution in [2.45, 2.75) is 37.7 Å². The van der Waals surface area contributed by atoms with Gasteiger partial charge in [0.1, 0.15) is 0 Å². The number of rotatable bonds is 4. The summed E-state index contributed by atoms with van der Waals surface area (Å²) < 4.78 is 0. The van der Waals surface area contributed by atoms with Gasteiger partial charge < -0.3 is 10.4 Å². The summed E-state index contributed by atoms with van der Waals surface area (Å²) in [4.78, 5) is 0. The third-order valence-electron chi connectivity index (χ3n) is 4.46. The predicted octanol–water partition coefficient (Wildman–Crippen LogP) is 3.70. The van der Waals surface area contributed by atoms with Crippen LogP contribution in [-0.4, -0.2) is 23.8 Å². The molecule has 114 valence electrons. The number of nitrogens with one attached hydrogen (secondary N) is 1. The molecule has 2 nitrogen and oxygen atoms in total. The molecule has 2 aromatic carbocycles. The average Bonchev–Trinajstić information content (AvgIpc) is 2.48. The van der Waals surface area contributed by atoms with E-state index < -0.39 is 5.60 Å². The zero-order valence-electron chi connectivity index (χ0n) is 12.3. The third kappa shape index (κ3) is 4.19. The van der Waals surface area contributed by atoms with Crippen molar-refractivity contribution < 1.29 is 5.11 Å². The molecule has 1 aliphatic heterocycles. The molecule has 21 heavy (non-hydrogen) atoms. The first-order valence-electron chi connectivity index (χ1n) is 7.66. The summed E-state index contributed by atoms with van der Waals surface area (Å²) in [5, 5.41) is 16.4. The van der Waals surface area contributed by atoms with Gasteiger partial charge in [-0.1, -0.05) is 42.5 Å². The third-order valence-corrected chi connectivity index (χ3v) is 4.46. The monoisotopic (exact) mass is 305 g/mol. The van der Waals surface area contributed by atoms with E-state index in [-0.39, 0.29) is 12.4 Å². The van der Waals surface area contributed by atoms with Gasteiger partial charge in [0.15, 0.2) is 0 Å². The van der Waals surface area contributed by atoms with Crippen LogP contribution in [0.4, 0.5) is 0 Å². The first-order valence-corrected chi connectivity index (χ1v) is 7.66. The molecule has 0 atom stereocenters. The van der Waals surface area contributed by atoms with Crippen molar-refractivity contribution >= 4 is 23.2 Å². The van der Waals surface area contributed by atoms with Crippen LogP contribution in [0.3, 0.4) is 0 Å². The molecule has 3 rings (SSSR count). The highest BCUT2D eigenvalue weighted by Crippen LogP contribution is 2.25. The predicted molar refractivity (Wildman–Crippen MR) is 91.2 cm³/mol. The quantitative estimate of drug-likeness (QED) is 0.903. The highest BCUT2D eigenvalue weighted by molar-refractivity contribution is 5.85. The van der Waals surface area contributed by atoms with Gasteiger partial charge in [0.25, 0.3) is 0 Å². The molecule has 0 radical (unpaired) electrons. The molecule has 0 amide bonds. The fraction of sp³-hybridized carbons (Fsp3) is 0.444. The van der Waals surface area contributed by atoms with Gasteiger partial charge in [-0.25, -0.2) is 0 Å². The van der Waals surface area contributed by atoms with Gasteiger partial charge in [-0.05, 0) is 61.5 Å². The molecule has 1 aliphatic rings. The van der Waals surface area contributed by atoms with Crippen molar-refractivity contribution in [1.29, 1.82) is 0 Å². The molecule has 0 bridgehead atoms. The minimum absolute atomic E-state index is 0. The molecule has 0 unspecified atom stereocenters. The van der Waals surface area contributed by atoms with Crippen LogP contribution in [0.1, 0.15) is 31.2 Å². The molecule has 0 aromatic heterocycles. The van der Waals surface area contributed by atoms with E-state index in [9.17, 15) is 5.11 Å². The van der Waals surface area contributed by atoms with Gasteiger partial charge in [-0.15, -0.1) is 12.4 Å². The lowest BCUT2D eigenvalue weighted by Crippen LogP contribution is -2.41. The maximum atomic E-state index is 10.5. The zero-order chi connectivity index (χ0) is 13.8. The lowest BCUT2D eigenvalue weighted by Gasteiger charge is -2.32. The number of piperidine rings is 1. The van der Waals surface area contributed by atoms with E-state index in [0.29, 0.717) is 0 Å². The lowest BCUT2D eigenvalue weighted by atomic mass is 9.86. The Balaban J connectivity index is 0.00000161. The molecule has 2 N–H and O–H groups in total. The molecule has 2 aromatic rings. The summed E-state index contributed by atoms with van der Waals surface area (Å²) >= 11 is 0. The van der Waals surface area contributed by atoms with Crippen LogP contribution < -0.4 is 5.32 Å². The van der Waals surface area contributed by atoms with E-state index in [1.54, 1.807) is 0 Å². The highest BCUT2D eigenvalue weighted by atomic mass is 35.5. The number of aliphatic hydroxyl groups is 1. The lowest BCUT2D eigenvalue weighted by molar-refractivity contribution is 0.000923. The number of halogens is 1. The Morgan fingerprint density at radius 3 is 2.48 bits per heavy atom. The second-order valence-electron chi connectivity index (χ2n) is 6.01. The molecule has 1 heterocycles. The van der Waals surface area contributed by atoms with E-state index >= 15 is 0 Å². The molecule has 0 aliphatic carbocycles. The van der Waals surface area contributed by atoms with E-state index in [1.165, 1.54) is 16.3 Å². The smallest absolute Gasteiger partial charge is 0.0672 e. The van der Waals surface area contributed by atoms with Gasteiger partial charge in [-0.3, -0.25) is 0 Å². The van der Waals surface area contributed by atoms with Crippen molar-refractivity contribution in [3.63, 3.8) is 0 Å². The Kier molecular flexibility index (Phi) is 5.63. The Hall–Kier alpha value is -1.09. The zero-order valence-corrected chi connectivity index (χ0v) is 13.2. The fourth-order valence-corrected chi connectivity index (χ4v) is 3.16. The van der Waals surface area contributed by atoms with Crippen LogP contribution in [0.2, 0.25) is 0 Å². The Morgan fingerprint density at radius 2 is 1.71 bits per heavy atom. The number of aryl methyl sites for hydroxylation is 1. The average molecular weight is 306 g/mol. The van der Waals surface area contributed by atoms with E-state index in [4.69, 9.17) is 0 Å². The number of benzene rings is 2. The van der Waals surface area contributed by atoms with E-state index in [0.717, 1.165) is 45.2 Å². The highest BCUT2D eigenvalue weighted by Gasteiger charge is 2.28. The minimum Gasteiger partial charge on any atom is -0.390 e. The van der Waals surface area contributed by atoms with Crippen LogP contribution in [-0.2, 0) is 6.42 Å². The summed E-state index contributed by atoms with van der Waals surface area (Å²) in [7, 11) is 0. The molecular formula is C18H24ClNO. The van der Waals surface area contributed by atoms with Crippen molar-refractivity contribution in [3.05, 3.63) is 48.0 Å². The van der Waals surface area contributed by atoms with Crippen LogP contribution in [0.5, 0.6) is 0 Å². The number of hydrogen-bond donors (Lipinski definition) is 2. The maximum absolute atomic E-state index is 10.5. The van der Waals surface area contributed by atoms with Gasteiger partial charge in [0, 0.05) is 0 Å². The summed E-state index contributed by atoms with van der Waals surface area (Å²) in [6.07, 6.45) is 4.83. The molecule has 0 saturated carbocycles. The van der Waals surface area contributed by atoms with Crippen molar-refractivity contribution in [2.75, 3.05) is 13.1 Å². The maximum Gasteiger partial charge on any atom is 0.0672 e. The van der Waals surface area contributed by atoms with Crippen LogP contribution >= 0.6 is 12.4 Å². The first kappa shape index (κ1) is 16.3. The molecule has 0 spiro atoms. The second-order valence-corrected chi connectivity index (χ2v) is 6.01. The molecular weight excluding hydrogens is 282 g/mol. The molecule has 1 saturated heterocycles. The van der Waals surface area contributed by atoms with Crippen molar-refractivity contribution in [2.24, 2.45) is 0 Å². The number of fused-ring (bicyclic) bond motifs is 1. The Bertz CT molecular complexity index is 578. The first-order chi connectivity index (χ1) is 9.75. The van der Waals surface area contributed by atoms with E-state index in [2.05, 4.69) is 47.8 Å². The van der Waals surface area contributed by atoms with E-state index in [1.807, 2.05) is 0 Å². The summed E-state index contributed by atoms with van der Waals surface area (Å²) in [5.74, 6) is 0. The van der Waals surface area contributed by atoms with Crippen LogP contribution in [0.15, 0.2) is 42.5 Å². The molecule has 3 heteroatoms. The van der Waals surface area contributed by atoms with Crippen LogP contribution in [0, 0.1) is 0 Å². The Morgan fingerprint density at radius 1 is 1.00 bits per heavy atom. The summed E-state index contributed by atoms with van der Waals surface area (Å²) in [6, 6.07) is 15.2. The molecule has 1 fully saturated rings. The van der Waals surface area contributed by atoms with Gasteiger partial charge in [-0.2, -0.15) is 0 Å². The van der Waals surface area contributed by atoms with Crippen LogP contribution in [0.25, 0.3) is 10.8 Å². The van der Waals surface area contributed by atoms with Crippen molar-refractivity contribution in [1.82, 2.24) is 5.32 Å². The van der Waals surface area contributed by atoms with Gasteiger partial charge in [0.2, 0.25) is 0 Å². The summed E-state index contributed by atoms with van der Waals surface area (Å²) in [5.41, 5.74) is 0.948. The normalized spacial score (nSPS) is 17.4. The van der Waals surface area contributed by atoms with Gasteiger partial charge in [0.05, 0.1) is 5.60 Å². The summed E-state index contributed by atoms with van der Waals surface area (Å²) in [6.45, 7) is 1.90. The second kappa shape index (κ2) is 7.26. The topological polar surface area (TPSA) is 32.3 Å².